The van der Waals surface area contributed by atoms with Crippen LogP contribution in [0.15, 0.2) is 23.3 Å². The highest BCUT2D eigenvalue weighted by atomic mass is 32.2. The molecule has 0 amide bonds. The average Bonchev–Trinajstić information content (AvgIpc) is 3.12. The number of hydrogen-bond donors (Lipinski definition) is 2. The van der Waals surface area contributed by atoms with Crippen LogP contribution < -0.4 is 15.4 Å². The first-order chi connectivity index (χ1) is 11.8. The van der Waals surface area contributed by atoms with Crippen LogP contribution in [0.5, 0.6) is 5.88 Å². The van der Waals surface area contributed by atoms with Crippen LogP contribution in [0.1, 0.15) is 44.1 Å². The highest BCUT2D eigenvalue weighted by Gasteiger charge is 2.16. The normalized spacial score (nSPS) is 15.5. The van der Waals surface area contributed by atoms with Gasteiger partial charge in [0.05, 0.1) is 0 Å². The number of nitrogens with zero attached hydrogens (tertiary/aromatic N) is 2. The van der Waals surface area contributed by atoms with Gasteiger partial charge in [0.25, 0.3) is 0 Å². The first-order valence-electron chi connectivity index (χ1n) is 8.87. The molecular formula is C18H30N4OS. The molecule has 0 saturated heterocycles. The lowest BCUT2D eigenvalue weighted by Gasteiger charge is -2.13. The summed E-state index contributed by atoms with van der Waals surface area (Å²) in [4.78, 5) is 8.67. The van der Waals surface area contributed by atoms with E-state index < -0.39 is 0 Å². The Morgan fingerprint density at radius 2 is 2.12 bits per heavy atom. The minimum atomic E-state index is 0.357. The van der Waals surface area contributed by atoms with Gasteiger partial charge in [-0.05, 0) is 56.1 Å². The van der Waals surface area contributed by atoms with E-state index in [0.717, 1.165) is 43.2 Å². The van der Waals surface area contributed by atoms with Crippen molar-refractivity contribution in [3.63, 3.8) is 0 Å². The predicted molar refractivity (Wildman–Crippen MR) is 103 cm³/mol. The number of guanidine groups is 1. The van der Waals surface area contributed by atoms with Crippen molar-refractivity contribution in [1.29, 1.82) is 0 Å². The van der Waals surface area contributed by atoms with E-state index in [-0.39, 0.29) is 0 Å². The molecule has 0 spiro atoms. The quantitative estimate of drug-likeness (QED) is 0.407. The van der Waals surface area contributed by atoms with Crippen molar-refractivity contribution in [1.82, 2.24) is 15.6 Å². The SMILES string of the molecule is CN=C(NCCCCSC)NCc1ccc(OC2CCCC2)nc1. The van der Waals surface area contributed by atoms with Crippen molar-refractivity contribution in [3.05, 3.63) is 23.9 Å². The van der Waals surface area contributed by atoms with Crippen molar-refractivity contribution >= 4 is 17.7 Å². The number of nitrogens with one attached hydrogen (secondary N) is 2. The molecule has 0 unspecified atom stereocenters. The first kappa shape index (κ1) is 18.9. The van der Waals surface area contributed by atoms with E-state index in [2.05, 4.69) is 32.9 Å². The zero-order chi connectivity index (χ0) is 17.0. The molecule has 134 valence electrons. The van der Waals surface area contributed by atoms with Gasteiger partial charge >= 0.3 is 0 Å². The highest BCUT2D eigenvalue weighted by molar-refractivity contribution is 7.98. The molecule has 0 atom stereocenters. The molecule has 2 N–H and O–H groups in total. The Labute approximate surface area is 150 Å². The maximum absolute atomic E-state index is 5.89. The molecule has 0 radical (unpaired) electrons. The molecular weight excluding hydrogens is 320 g/mol. The molecule has 1 aliphatic carbocycles. The second kappa shape index (κ2) is 11.2. The third-order valence-corrected chi connectivity index (χ3v) is 4.84. The number of thioether (sulfide) groups is 1. The fourth-order valence-corrected chi connectivity index (χ4v) is 3.24. The van der Waals surface area contributed by atoms with Crippen LogP contribution in [0.3, 0.4) is 0 Å². The summed E-state index contributed by atoms with van der Waals surface area (Å²) in [5.41, 5.74) is 1.12. The van der Waals surface area contributed by atoms with Crippen molar-refractivity contribution in [2.75, 3.05) is 25.6 Å². The number of rotatable bonds is 9. The van der Waals surface area contributed by atoms with Crippen molar-refractivity contribution in [2.45, 2.75) is 51.2 Å². The number of aliphatic imine (C=N–C) groups is 1. The molecule has 24 heavy (non-hydrogen) atoms. The fraction of sp³-hybridized carbons (Fsp3) is 0.667. The summed E-state index contributed by atoms with van der Waals surface area (Å²) in [5.74, 6) is 2.79. The first-order valence-corrected chi connectivity index (χ1v) is 10.3. The molecule has 1 aromatic heterocycles. The van der Waals surface area contributed by atoms with E-state index in [1.54, 1.807) is 7.05 Å². The second-order valence-electron chi connectivity index (χ2n) is 6.08. The van der Waals surface area contributed by atoms with Gasteiger partial charge in [-0.15, -0.1) is 0 Å². The van der Waals surface area contributed by atoms with Gasteiger partial charge in [0.1, 0.15) is 6.10 Å². The van der Waals surface area contributed by atoms with Crippen molar-refractivity contribution in [2.24, 2.45) is 4.99 Å². The number of unbranched alkanes of at least 4 members (excludes halogenated alkanes) is 1. The summed E-state index contributed by atoms with van der Waals surface area (Å²) in [6.45, 7) is 1.66. The number of hydrogen-bond acceptors (Lipinski definition) is 4. The third-order valence-electron chi connectivity index (χ3n) is 4.14. The van der Waals surface area contributed by atoms with Crippen LogP contribution in [-0.4, -0.2) is 42.6 Å². The Morgan fingerprint density at radius 1 is 1.29 bits per heavy atom. The van der Waals surface area contributed by atoms with Crippen molar-refractivity contribution < 1.29 is 4.74 Å². The van der Waals surface area contributed by atoms with Gasteiger partial charge in [-0.25, -0.2) is 4.98 Å². The largest absolute Gasteiger partial charge is 0.474 e. The smallest absolute Gasteiger partial charge is 0.213 e. The van der Waals surface area contributed by atoms with Crippen LogP contribution in [0.4, 0.5) is 0 Å². The Balaban J connectivity index is 1.68. The van der Waals surface area contributed by atoms with E-state index in [1.807, 2.05) is 24.0 Å². The maximum Gasteiger partial charge on any atom is 0.213 e. The molecule has 1 saturated carbocycles. The van der Waals surface area contributed by atoms with Crippen LogP contribution in [0, 0.1) is 0 Å². The Kier molecular flexibility index (Phi) is 8.81. The number of ether oxygens (including phenoxy) is 1. The Hall–Kier alpha value is -1.43. The van der Waals surface area contributed by atoms with E-state index in [4.69, 9.17) is 4.74 Å². The zero-order valence-corrected chi connectivity index (χ0v) is 15.7. The van der Waals surface area contributed by atoms with Gasteiger partial charge in [-0.2, -0.15) is 11.8 Å². The van der Waals surface area contributed by atoms with Gasteiger partial charge in [0.15, 0.2) is 5.96 Å². The summed E-state index contributed by atoms with van der Waals surface area (Å²) >= 11 is 1.89. The van der Waals surface area contributed by atoms with Gasteiger partial charge < -0.3 is 15.4 Å². The fourth-order valence-electron chi connectivity index (χ4n) is 2.75. The summed E-state index contributed by atoms with van der Waals surface area (Å²) < 4.78 is 5.89. The lowest BCUT2D eigenvalue weighted by atomic mass is 10.3. The Bertz CT molecular complexity index is 486. The molecule has 1 aromatic rings. The number of pyridine rings is 1. The van der Waals surface area contributed by atoms with Crippen LogP contribution >= 0.6 is 11.8 Å². The molecule has 5 nitrogen and oxygen atoms in total. The topological polar surface area (TPSA) is 58.5 Å². The molecule has 1 aliphatic rings. The van der Waals surface area contributed by atoms with Gasteiger partial charge in [0, 0.05) is 32.4 Å². The minimum Gasteiger partial charge on any atom is -0.474 e. The van der Waals surface area contributed by atoms with E-state index in [0.29, 0.717) is 12.6 Å². The lowest BCUT2D eigenvalue weighted by molar-refractivity contribution is 0.201. The van der Waals surface area contributed by atoms with E-state index in [9.17, 15) is 0 Å². The highest BCUT2D eigenvalue weighted by Crippen LogP contribution is 2.22. The van der Waals surface area contributed by atoms with Crippen LogP contribution in [-0.2, 0) is 6.54 Å². The van der Waals surface area contributed by atoms with E-state index in [1.165, 1.54) is 25.0 Å². The standard InChI is InChI=1S/C18H30N4OS/c1-19-18(20-11-5-6-12-24-2)22-14-15-9-10-17(21-13-15)23-16-7-3-4-8-16/h9-10,13,16H,3-8,11-12,14H2,1-2H3,(H2,19,20,22). The molecule has 0 bridgehead atoms. The zero-order valence-electron chi connectivity index (χ0n) is 14.9. The molecule has 1 heterocycles. The van der Waals surface area contributed by atoms with Gasteiger partial charge in [-0.3, -0.25) is 4.99 Å². The number of aromatic nitrogens is 1. The maximum atomic E-state index is 5.89. The van der Waals surface area contributed by atoms with Gasteiger partial charge in [0.2, 0.25) is 5.88 Å². The molecule has 2 rings (SSSR count). The average molecular weight is 351 g/mol. The van der Waals surface area contributed by atoms with Crippen LogP contribution in [0.2, 0.25) is 0 Å². The van der Waals surface area contributed by atoms with Crippen LogP contribution in [0.25, 0.3) is 0 Å². The monoisotopic (exact) mass is 350 g/mol. The minimum absolute atomic E-state index is 0.357. The summed E-state index contributed by atoms with van der Waals surface area (Å²) in [5, 5.41) is 6.66. The third kappa shape index (κ3) is 6.99. The van der Waals surface area contributed by atoms with E-state index >= 15 is 0 Å². The van der Waals surface area contributed by atoms with Gasteiger partial charge in [-0.1, -0.05) is 6.07 Å². The molecule has 1 fully saturated rings. The predicted octanol–water partition coefficient (Wildman–Crippen LogP) is 3.21. The lowest BCUT2D eigenvalue weighted by Crippen LogP contribution is -2.37. The molecule has 0 aliphatic heterocycles. The summed E-state index contributed by atoms with van der Waals surface area (Å²) in [6, 6.07) is 4.03. The van der Waals surface area contributed by atoms with Crippen molar-refractivity contribution in [3.8, 4) is 5.88 Å². The second-order valence-corrected chi connectivity index (χ2v) is 7.07. The molecule has 6 heteroatoms. The summed E-state index contributed by atoms with van der Waals surface area (Å²) in [6.07, 6.45) is 11.6. The summed E-state index contributed by atoms with van der Waals surface area (Å²) in [7, 11) is 1.80. The Morgan fingerprint density at radius 3 is 2.79 bits per heavy atom. The molecule has 0 aromatic carbocycles.